The van der Waals surface area contributed by atoms with E-state index in [1.54, 1.807) is 5.56 Å². The van der Waals surface area contributed by atoms with E-state index in [-0.39, 0.29) is 0 Å². The Kier molecular flexibility index (Phi) is 7.28. The monoisotopic (exact) mass is 356 g/mol. The number of nitrogens with zero attached hydrogens (tertiary/aromatic N) is 1. The van der Waals surface area contributed by atoms with Gasteiger partial charge in [0.1, 0.15) is 0 Å². The molecule has 0 spiro atoms. The molecule has 0 bridgehead atoms. The summed E-state index contributed by atoms with van der Waals surface area (Å²) in [4.78, 5) is 2.85. The minimum Gasteiger partial charge on any atom is -0.398 e. The van der Waals surface area contributed by atoms with E-state index in [4.69, 9.17) is 5.73 Å². The number of hydrogen-bond donors (Lipinski definition) is 1. The Bertz CT molecular complexity index is 538. The lowest BCUT2D eigenvalue weighted by atomic mass is 9.95. The molecule has 0 amide bonds. The van der Waals surface area contributed by atoms with Gasteiger partial charge in [0, 0.05) is 23.5 Å². The highest BCUT2D eigenvalue weighted by Crippen LogP contribution is 2.39. The molecule has 146 valence electrons. The number of rotatable bonds is 9. The molecule has 0 atom stereocenters. The first-order valence-corrected chi connectivity index (χ1v) is 11.4. The fourth-order valence-electron chi connectivity index (χ4n) is 5.15. The lowest BCUT2D eigenvalue weighted by molar-refractivity contribution is 0.511. The van der Waals surface area contributed by atoms with Gasteiger partial charge in [-0.25, -0.2) is 0 Å². The standard InChI is InChI=1S/C24H40N2/c1-3-5-11-19-17-20(12-6-4-2)24(18-23(19)25)26(21-13-7-8-14-21)22-15-9-10-16-22/h17-18,21-22H,3-16,25H2,1-2H3. The van der Waals surface area contributed by atoms with E-state index < -0.39 is 0 Å². The molecule has 0 aliphatic heterocycles. The van der Waals surface area contributed by atoms with E-state index in [0.29, 0.717) is 0 Å². The van der Waals surface area contributed by atoms with Crippen molar-refractivity contribution in [1.82, 2.24) is 0 Å². The van der Waals surface area contributed by atoms with Gasteiger partial charge in [0.05, 0.1) is 0 Å². The zero-order chi connectivity index (χ0) is 18.4. The molecule has 2 nitrogen and oxygen atoms in total. The van der Waals surface area contributed by atoms with E-state index in [9.17, 15) is 0 Å². The molecule has 2 fully saturated rings. The van der Waals surface area contributed by atoms with E-state index in [1.165, 1.54) is 94.7 Å². The maximum absolute atomic E-state index is 6.57. The highest BCUT2D eigenvalue weighted by molar-refractivity contribution is 5.66. The molecule has 0 heterocycles. The third kappa shape index (κ3) is 4.56. The molecule has 2 saturated carbocycles. The lowest BCUT2D eigenvalue weighted by Gasteiger charge is -2.38. The molecule has 0 radical (unpaired) electrons. The molecule has 0 aromatic heterocycles. The van der Waals surface area contributed by atoms with Gasteiger partial charge in [0.15, 0.2) is 0 Å². The van der Waals surface area contributed by atoms with Gasteiger partial charge in [0.2, 0.25) is 0 Å². The third-order valence-corrected chi connectivity index (χ3v) is 6.65. The van der Waals surface area contributed by atoms with Crippen LogP contribution < -0.4 is 10.6 Å². The van der Waals surface area contributed by atoms with Crippen LogP contribution in [0, 0.1) is 0 Å². The molecule has 0 unspecified atom stereocenters. The quantitative estimate of drug-likeness (QED) is 0.502. The zero-order valence-corrected chi connectivity index (χ0v) is 17.2. The molecule has 0 saturated heterocycles. The lowest BCUT2D eigenvalue weighted by Crippen LogP contribution is -2.41. The summed E-state index contributed by atoms with van der Waals surface area (Å²) in [6.45, 7) is 4.57. The third-order valence-electron chi connectivity index (χ3n) is 6.65. The van der Waals surface area contributed by atoms with Crippen molar-refractivity contribution in [1.29, 1.82) is 0 Å². The van der Waals surface area contributed by atoms with Crippen LogP contribution in [0.3, 0.4) is 0 Å². The topological polar surface area (TPSA) is 29.3 Å². The normalized spacial score (nSPS) is 18.7. The second-order valence-corrected chi connectivity index (χ2v) is 8.67. The SMILES string of the molecule is CCCCc1cc(CCCC)c(N(C2CCCC2)C2CCCC2)cc1N. The summed E-state index contributed by atoms with van der Waals surface area (Å²) in [6.07, 6.45) is 18.5. The van der Waals surface area contributed by atoms with Crippen molar-refractivity contribution in [3.8, 4) is 0 Å². The molecule has 3 rings (SSSR count). The van der Waals surface area contributed by atoms with Gasteiger partial charge in [-0.05, 0) is 68.6 Å². The number of benzene rings is 1. The maximum atomic E-state index is 6.57. The van der Waals surface area contributed by atoms with Crippen molar-refractivity contribution in [3.63, 3.8) is 0 Å². The van der Waals surface area contributed by atoms with Crippen LogP contribution in [0.5, 0.6) is 0 Å². The van der Waals surface area contributed by atoms with Gasteiger partial charge in [-0.1, -0.05) is 58.4 Å². The Morgan fingerprint density at radius 2 is 1.31 bits per heavy atom. The van der Waals surface area contributed by atoms with Crippen molar-refractivity contribution in [2.45, 2.75) is 116 Å². The maximum Gasteiger partial charge on any atom is 0.0424 e. The molecule has 2 N–H and O–H groups in total. The number of nitrogen functional groups attached to an aromatic ring is 1. The van der Waals surface area contributed by atoms with Crippen LogP contribution in [0.4, 0.5) is 11.4 Å². The van der Waals surface area contributed by atoms with Crippen LogP contribution in [0.2, 0.25) is 0 Å². The zero-order valence-electron chi connectivity index (χ0n) is 17.2. The first-order chi connectivity index (χ1) is 12.7. The average Bonchev–Trinajstić information content (AvgIpc) is 3.35. The van der Waals surface area contributed by atoms with E-state index in [0.717, 1.165) is 24.2 Å². The van der Waals surface area contributed by atoms with Gasteiger partial charge in [-0.3, -0.25) is 0 Å². The predicted molar refractivity (Wildman–Crippen MR) is 115 cm³/mol. The summed E-state index contributed by atoms with van der Waals surface area (Å²) >= 11 is 0. The van der Waals surface area contributed by atoms with Gasteiger partial charge >= 0.3 is 0 Å². The molecule has 2 aliphatic rings. The Balaban J connectivity index is 1.95. The highest BCUT2D eigenvalue weighted by Gasteiger charge is 2.32. The Hall–Kier alpha value is -1.18. The minimum atomic E-state index is 0.749. The second kappa shape index (κ2) is 9.67. The van der Waals surface area contributed by atoms with Gasteiger partial charge in [-0.15, -0.1) is 0 Å². The average molecular weight is 357 g/mol. The van der Waals surface area contributed by atoms with Crippen molar-refractivity contribution in [3.05, 3.63) is 23.3 Å². The smallest absolute Gasteiger partial charge is 0.0424 e. The van der Waals surface area contributed by atoms with E-state index in [1.807, 2.05) is 0 Å². The Morgan fingerprint density at radius 1 is 0.808 bits per heavy atom. The van der Waals surface area contributed by atoms with Crippen LogP contribution in [0.1, 0.15) is 102 Å². The van der Waals surface area contributed by atoms with Crippen LogP contribution in [-0.4, -0.2) is 12.1 Å². The molecular weight excluding hydrogens is 316 g/mol. The number of nitrogens with two attached hydrogens (primary N) is 1. The summed E-state index contributed by atoms with van der Waals surface area (Å²) in [5.41, 5.74) is 12.1. The molecular formula is C24H40N2. The molecule has 26 heavy (non-hydrogen) atoms. The summed E-state index contributed by atoms with van der Waals surface area (Å²) in [6, 6.07) is 6.35. The fraction of sp³-hybridized carbons (Fsp3) is 0.750. The fourth-order valence-corrected chi connectivity index (χ4v) is 5.15. The Labute approximate surface area is 161 Å². The summed E-state index contributed by atoms with van der Waals surface area (Å²) in [5.74, 6) is 0. The Morgan fingerprint density at radius 3 is 1.81 bits per heavy atom. The summed E-state index contributed by atoms with van der Waals surface area (Å²) in [7, 11) is 0. The minimum absolute atomic E-state index is 0.749. The van der Waals surface area contributed by atoms with Crippen molar-refractivity contribution >= 4 is 11.4 Å². The molecule has 2 heteroatoms. The number of unbranched alkanes of at least 4 members (excludes halogenated alkanes) is 2. The number of aryl methyl sites for hydroxylation is 2. The number of hydrogen-bond acceptors (Lipinski definition) is 2. The van der Waals surface area contributed by atoms with Gasteiger partial charge in [0.25, 0.3) is 0 Å². The van der Waals surface area contributed by atoms with Gasteiger partial charge < -0.3 is 10.6 Å². The van der Waals surface area contributed by atoms with Crippen molar-refractivity contribution in [2.75, 3.05) is 10.6 Å². The first-order valence-electron chi connectivity index (χ1n) is 11.4. The van der Waals surface area contributed by atoms with Gasteiger partial charge in [-0.2, -0.15) is 0 Å². The van der Waals surface area contributed by atoms with Crippen LogP contribution in [0.25, 0.3) is 0 Å². The van der Waals surface area contributed by atoms with Crippen molar-refractivity contribution < 1.29 is 0 Å². The summed E-state index contributed by atoms with van der Waals surface area (Å²) in [5, 5.41) is 0. The molecule has 2 aliphatic carbocycles. The van der Waals surface area contributed by atoms with E-state index >= 15 is 0 Å². The molecule has 1 aromatic rings. The van der Waals surface area contributed by atoms with Crippen LogP contribution in [-0.2, 0) is 12.8 Å². The van der Waals surface area contributed by atoms with E-state index in [2.05, 4.69) is 30.9 Å². The van der Waals surface area contributed by atoms with Crippen LogP contribution in [0.15, 0.2) is 12.1 Å². The highest BCUT2D eigenvalue weighted by atomic mass is 15.2. The second-order valence-electron chi connectivity index (χ2n) is 8.67. The number of anilines is 2. The molecule has 1 aromatic carbocycles. The summed E-state index contributed by atoms with van der Waals surface area (Å²) < 4.78 is 0. The predicted octanol–water partition coefficient (Wildman–Crippen LogP) is 6.65. The largest absolute Gasteiger partial charge is 0.398 e. The first kappa shape index (κ1) is 19.6. The van der Waals surface area contributed by atoms with Crippen LogP contribution >= 0.6 is 0 Å². The van der Waals surface area contributed by atoms with Crippen molar-refractivity contribution in [2.24, 2.45) is 0 Å².